The largest absolute Gasteiger partial charge is 0.338 e. The summed E-state index contributed by atoms with van der Waals surface area (Å²) >= 11 is 0. The summed E-state index contributed by atoms with van der Waals surface area (Å²) < 4.78 is 0. The number of para-hydroxylation sites is 1. The Morgan fingerprint density at radius 3 is 1.89 bits per heavy atom. The Labute approximate surface area is 156 Å². The van der Waals surface area contributed by atoms with Crippen molar-refractivity contribution in [1.29, 1.82) is 0 Å². The lowest BCUT2D eigenvalue weighted by Crippen LogP contribution is -2.38. The zero-order valence-electron chi connectivity index (χ0n) is 14.4. The van der Waals surface area contributed by atoms with Crippen molar-refractivity contribution in [3.63, 3.8) is 0 Å². The second kappa shape index (κ2) is 6.88. The lowest BCUT2D eigenvalue weighted by atomic mass is 10.0. The van der Waals surface area contributed by atoms with E-state index >= 15 is 0 Å². The van der Waals surface area contributed by atoms with Crippen LogP contribution in [0.2, 0.25) is 0 Å². The van der Waals surface area contributed by atoms with Crippen LogP contribution in [0.5, 0.6) is 0 Å². The minimum absolute atomic E-state index is 0.142. The Kier molecular flexibility index (Phi) is 4.26. The molecule has 1 aliphatic rings. The summed E-state index contributed by atoms with van der Waals surface area (Å²) in [6.45, 7) is -0.142. The lowest BCUT2D eigenvalue weighted by Gasteiger charge is -2.16. The molecule has 0 saturated carbocycles. The van der Waals surface area contributed by atoms with Gasteiger partial charge in [0.1, 0.15) is 6.54 Å². The zero-order valence-corrected chi connectivity index (χ0v) is 14.4. The monoisotopic (exact) mass is 356 g/mol. The van der Waals surface area contributed by atoms with Crippen molar-refractivity contribution in [1.82, 2.24) is 4.90 Å². The van der Waals surface area contributed by atoms with Crippen LogP contribution in [0.4, 0.5) is 10.5 Å². The van der Waals surface area contributed by atoms with Gasteiger partial charge in [0.25, 0.3) is 11.8 Å². The highest BCUT2D eigenvalue weighted by Gasteiger charge is 2.41. The van der Waals surface area contributed by atoms with Crippen molar-refractivity contribution in [2.75, 3.05) is 11.4 Å². The number of urea groups is 1. The molecule has 4 rings (SSSR count). The van der Waals surface area contributed by atoms with Crippen molar-refractivity contribution in [3.05, 3.63) is 90.5 Å². The van der Waals surface area contributed by atoms with E-state index in [0.29, 0.717) is 16.2 Å². The summed E-state index contributed by atoms with van der Waals surface area (Å²) in [6, 6.07) is 24.9. The molecule has 132 valence electrons. The van der Waals surface area contributed by atoms with Crippen LogP contribution in [0.3, 0.4) is 0 Å². The number of amides is 4. The van der Waals surface area contributed by atoms with Crippen LogP contribution in [-0.4, -0.2) is 29.3 Å². The molecule has 0 aliphatic carbocycles. The Bertz CT molecular complexity index is 999. The summed E-state index contributed by atoms with van der Waals surface area (Å²) in [5, 5.41) is 0. The number of hydrogen-bond acceptors (Lipinski definition) is 3. The summed E-state index contributed by atoms with van der Waals surface area (Å²) in [4.78, 5) is 39.7. The topological polar surface area (TPSA) is 57.7 Å². The molecular weight excluding hydrogens is 340 g/mol. The third kappa shape index (κ3) is 3.11. The predicted octanol–water partition coefficient (Wildman–Crippen LogP) is 3.96. The van der Waals surface area contributed by atoms with Gasteiger partial charge in [-0.15, -0.1) is 0 Å². The van der Waals surface area contributed by atoms with E-state index in [1.165, 1.54) is 4.90 Å². The van der Waals surface area contributed by atoms with Crippen molar-refractivity contribution < 1.29 is 14.4 Å². The van der Waals surface area contributed by atoms with E-state index in [2.05, 4.69) is 0 Å². The van der Waals surface area contributed by atoms with Crippen LogP contribution < -0.4 is 4.90 Å². The molecule has 0 unspecified atom stereocenters. The van der Waals surface area contributed by atoms with Crippen molar-refractivity contribution in [2.24, 2.45) is 0 Å². The molecule has 4 amide bonds. The summed E-state index contributed by atoms with van der Waals surface area (Å²) in [7, 11) is 0. The summed E-state index contributed by atoms with van der Waals surface area (Å²) in [5.41, 5.74) is 2.87. The predicted molar refractivity (Wildman–Crippen MR) is 102 cm³/mol. The molecule has 0 spiro atoms. The quantitative estimate of drug-likeness (QED) is 0.527. The number of hydrogen-bond donors (Lipinski definition) is 0. The first kappa shape index (κ1) is 16.7. The highest BCUT2D eigenvalue weighted by molar-refractivity contribution is 6.24. The summed E-state index contributed by atoms with van der Waals surface area (Å²) in [5.74, 6) is -1.14. The number of carbonyl (C=O) groups excluding carboxylic acids is 3. The summed E-state index contributed by atoms with van der Waals surface area (Å²) in [6.07, 6.45) is 0. The van der Waals surface area contributed by atoms with Gasteiger partial charge in [-0.05, 0) is 35.4 Å². The molecule has 0 radical (unpaired) electrons. The van der Waals surface area contributed by atoms with Gasteiger partial charge >= 0.3 is 6.03 Å². The standard InChI is InChI=1S/C22H16N2O3/c25-20-15-23(19-9-5-2-6-10-19)22(27)24(20)21(26)18-13-11-17(12-14-18)16-7-3-1-4-8-16/h1-14H,15H2. The van der Waals surface area contributed by atoms with E-state index in [1.54, 1.807) is 36.4 Å². The fraction of sp³-hybridized carbons (Fsp3) is 0.0455. The van der Waals surface area contributed by atoms with Gasteiger partial charge in [0.2, 0.25) is 0 Å². The molecule has 3 aromatic carbocycles. The van der Waals surface area contributed by atoms with Gasteiger partial charge in [-0.2, -0.15) is 4.90 Å². The van der Waals surface area contributed by atoms with Gasteiger partial charge in [0.05, 0.1) is 0 Å². The number of nitrogens with zero attached hydrogens (tertiary/aromatic N) is 2. The minimum Gasteiger partial charge on any atom is -0.284 e. The molecule has 1 aliphatic heterocycles. The second-order valence-electron chi connectivity index (χ2n) is 6.18. The van der Waals surface area contributed by atoms with Gasteiger partial charge in [0.15, 0.2) is 0 Å². The number of carbonyl (C=O) groups is 3. The zero-order chi connectivity index (χ0) is 18.8. The lowest BCUT2D eigenvalue weighted by molar-refractivity contribution is -0.123. The average molecular weight is 356 g/mol. The van der Waals surface area contributed by atoms with Crippen LogP contribution in [-0.2, 0) is 4.79 Å². The van der Waals surface area contributed by atoms with Crippen LogP contribution >= 0.6 is 0 Å². The van der Waals surface area contributed by atoms with Gasteiger partial charge in [-0.25, -0.2) is 4.79 Å². The van der Waals surface area contributed by atoms with Crippen LogP contribution in [0, 0.1) is 0 Å². The molecule has 5 heteroatoms. The fourth-order valence-electron chi connectivity index (χ4n) is 3.08. The number of anilines is 1. The smallest absolute Gasteiger partial charge is 0.284 e. The van der Waals surface area contributed by atoms with Crippen LogP contribution in [0.1, 0.15) is 10.4 Å². The first-order valence-corrected chi connectivity index (χ1v) is 8.54. The van der Waals surface area contributed by atoms with Gasteiger partial charge in [-0.1, -0.05) is 60.7 Å². The molecule has 1 fully saturated rings. The third-order valence-corrected chi connectivity index (χ3v) is 4.47. The number of rotatable bonds is 3. The van der Waals surface area contributed by atoms with Gasteiger partial charge in [-0.3, -0.25) is 14.5 Å². The van der Waals surface area contributed by atoms with Gasteiger partial charge in [0, 0.05) is 11.3 Å². The maximum Gasteiger partial charge on any atom is 0.338 e. The maximum atomic E-state index is 12.8. The minimum atomic E-state index is -0.622. The molecule has 5 nitrogen and oxygen atoms in total. The Morgan fingerprint density at radius 1 is 0.704 bits per heavy atom. The molecular formula is C22H16N2O3. The molecule has 27 heavy (non-hydrogen) atoms. The second-order valence-corrected chi connectivity index (χ2v) is 6.18. The van der Waals surface area contributed by atoms with Crippen LogP contribution in [0.15, 0.2) is 84.9 Å². The first-order valence-electron chi connectivity index (χ1n) is 8.54. The third-order valence-electron chi connectivity index (χ3n) is 4.47. The first-order chi connectivity index (χ1) is 13.1. The van der Waals surface area contributed by atoms with E-state index in [1.807, 2.05) is 48.5 Å². The molecule has 1 saturated heterocycles. The SMILES string of the molecule is O=C1CN(c2ccccc2)C(=O)N1C(=O)c1ccc(-c2ccccc2)cc1. The Balaban J connectivity index is 1.57. The van der Waals surface area contributed by atoms with Gasteiger partial charge < -0.3 is 0 Å². The molecule has 0 atom stereocenters. The number of imide groups is 3. The van der Waals surface area contributed by atoms with Crippen molar-refractivity contribution >= 4 is 23.5 Å². The molecule has 0 bridgehead atoms. The van der Waals surface area contributed by atoms with E-state index in [-0.39, 0.29) is 6.54 Å². The Hall–Kier alpha value is -3.73. The van der Waals surface area contributed by atoms with Crippen LogP contribution in [0.25, 0.3) is 11.1 Å². The van der Waals surface area contributed by atoms with E-state index < -0.39 is 17.8 Å². The normalized spacial score (nSPS) is 13.9. The molecule has 1 heterocycles. The average Bonchev–Trinajstić information content (AvgIpc) is 3.03. The highest BCUT2D eigenvalue weighted by atomic mass is 16.2. The maximum absolute atomic E-state index is 12.8. The van der Waals surface area contributed by atoms with E-state index in [9.17, 15) is 14.4 Å². The fourth-order valence-corrected chi connectivity index (χ4v) is 3.08. The molecule has 0 aromatic heterocycles. The van der Waals surface area contributed by atoms with Crippen molar-refractivity contribution in [3.8, 4) is 11.1 Å². The molecule has 0 N–H and O–H groups in total. The highest BCUT2D eigenvalue weighted by Crippen LogP contribution is 2.24. The number of benzene rings is 3. The Morgan fingerprint density at radius 2 is 1.26 bits per heavy atom. The molecule has 3 aromatic rings. The van der Waals surface area contributed by atoms with E-state index in [4.69, 9.17) is 0 Å². The van der Waals surface area contributed by atoms with Crippen molar-refractivity contribution in [2.45, 2.75) is 0 Å². The van der Waals surface area contributed by atoms with E-state index in [0.717, 1.165) is 11.1 Å².